The summed E-state index contributed by atoms with van der Waals surface area (Å²) < 4.78 is 66.7. The number of amides is 7. The molecule has 0 fully saturated rings. The van der Waals surface area contributed by atoms with E-state index in [1.165, 1.54) is 17.6 Å². The molecule has 0 unspecified atom stereocenters. The van der Waals surface area contributed by atoms with Gasteiger partial charge in [0.25, 0.3) is 0 Å². The van der Waals surface area contributed by atoms with Gasteiger partial charge in [-0.25, -0.2) is 52.3 Å². The first kappa shape index (κ1) is 112. The van der Waals surface area contributed by atoms with Crippen molar-refractivity contribution in [2.75, 3.05) is 11.1 Å². The molecule has 0 saturated heterocycles. The second kappa shape index (κ2) is 55.4. The van der Waals surface area contributed by atoms with Crippen molar-refractivity contribution in [2.45, 2.75) is 148 Å². The molecule has 42 heteroatoms. The van der Waals surface area contributed by atoms with Gasteiger partial charge in [0.1, 0.15) is 63.9 Å². The average Bonchev–Trinajstić information content (AvgIpc) is 1.34. The number of carbonyl (C=O) groups excluding carboxylic acids is 7. The summed E-state index contributed by atoms with van der Waals surface area (Å²) in [7, 11) is 0. The number of nitrogens with one attached hydrogen (secondary N) is 5. The molecule has 0 spiro atoms. The van der Waals surface area contributed by atoms with Gasteiger partial charge in [-0.3, -0.25) is 19.2 Å². The Morgan fingerprint density at radius 2 is 0.826 bits per heavy atom. The van der Waals surface area contributed by atoms with Crippen molar-refractivity contribution in [2.24, 2.45) is 28.7 Å². The number of aromatic amines is 1. The van der Waals surface area contributed by atoms with E-state index < -0.39 is 112 Å². The van der Waals surface area contributed by atoms with Gasteiger partial charge in [0.15, 0.2) is 11.6 Å². The minimum Gasteiger partial charge on any atom is -0.480 e. The first-order chi connectivity index (χ1) is 61.7. The van der Waals surface area contributed by atoms with Gasteiger partial charge in [-0.15, -0.1) is 12.4 Å². The number of aromatic nitrogens is 9. The lowest BCUT2D eigenvalue weighted by molar-refractivity contribution is -0.139. The van der Waals surface area contributed by atoms with Crippen LogP contribution in [0.5, 0.6) is 0 Å². The van der Waals surface area contributed by atoms with E-state index in [4.69, 9.17) is 64.2 Å². The molecule has 5 atom stereocenters. The summed E-state index contributed by atoms with van der Waals surface area (Å²) in [5.74, 6) is -5.97. The Morgan fingerprint density at radius 3 is 1.11 bits per heavy atom. The Bertz CT molecular complexity index is 5590. The number of carbonyl (C=O) groups is 8. The van der Waals surface area contributed by atoms with Gasteiger partial charge < -0.3 is 93.7 Å². The standard InChI is InChI=1S/C19H15BrFN5O.C17H22N4O3.C14H19IN2O3.C14H18INO4.C12H14N4O.C7H2BrF2N.C4H6N2S.C3H4N2.ClH/c20-15-9-17(16(21)8-13(15)10-22)25-18(19(23)27)7-12-1-3-14(4-2-12)26-6-5-24-11-26;1-17(2,3)24-16(23)20-14(15(18)22)10-12-4-6-13(7-5-12)21-9-8-19-11-21;1-14(2,3)20-13(19)17-11(12(16)18)8-9-4-6-10(15)7-5-9;1-14(2,3)20-13(19)16-11(12(17)18)8-9-4-6-10(15)7-5-9;13-11(12(14)17)7-9-1-3-10(4-2-9)16-6-5-15-8-16;8-5-2-7(10)6(9)1-4(5)3-11;1-3-2-4(5)7-6-3;1-2-5-3-4-1;/h1-6,8-9,11,18,25H,7H2,(H2,23,27);4-9,11,14H,10H2,1-3H3,(H2,18,22)(H,20,23);4-7,11H,8H2,1-3H3,(H2,16,18)(H,17,19);4-7,11H,8H2,1-3H3,(H,16,19)(H,17,18);1-6,8,11H,7,13H2,(H2,14,17);1-2H;2H,5H2,1H3;1-3H,(H,4,5);1H/t18-;14-;3*11-;;;;/m11111..../s1. The van der Waals surface area contributed by atoms with Crippen molar-refractivity contribution in [1.82, 2.24) is 58.9 Å². The zero-order valence-electron chi connectivity index (χ0n) is 73.1. The summed E-state index contributed by atoms with van der Waals surface area (Å²) in [6.45, 7) is 17.6. The first-order valence-electron chi connectivity index (χ1n) is 39.3. The van der Waals surface area contributed by atoms with E-state index in [0.29, 0.717) is 23.7 Å². The summed E-state index contributed by atoms with van der Waals surface area (Å²) in [5, 5.41) is 37.5. The third kappa shape index (κ3) is 43.3. The predicted molar refractivity (Wildman–Crippen MR) is 521 cm³/mol. The number of hydrogen-bond donors (Lipinski definition) is 12. The lowest BCUT2D eigenvalue weighted by atomic mass is 10.0. The number of carboxylic acid groups (broad SMARTS) is 1. The molecule has 18 N–H and O–H groups in total. The topological polar surface area (TPSA) is 531 Å². The van der Waals surface area contributed by atoms with Gasteiger partial charge in [-0.2, -0.15) is 14.9 Å². The van der Waals surface area contributed by atoms with Crippen LogP contribution in [-0.2, 0) is 70.3 Å². The molecule has 5 heterocycles. The fourth-order valence-corrected chi connectivity index (χ4v) is 12.6. The number of halogens is 8. The van der Waals surface area contributed by atoms with Crippen molar-refractivity contribution < 1.29 is 70.8 Å². The van der Waals surface area contributed by atoms with E-state index in [1.807, 2.05) is 173 Å². The van der Waals surface area contributed by atoms with Gasteiger partial charge >= 0.3 is 24.2 Å². The summed E-state index contributed by atoms with van der Waals surface area (Å²) >= 11 is 11.8. The van der Waals surface area contributed by atoms with E-state index in [1.54, 1.807) is 125 Å². The number of nitriles is 2. The second-order valence-electron chi connectivity index (χ2n) is 30.9. The molecular weight excluding hydrogens is 2110 g/mol. The number of alkyl carbamates (subject to hydrolysis) is 3. The van der Waals surface area contributed by atoms with E-state index in [9.17, 15) is 51.5 Å². The Labute approximate surface area is 815 Å². The predicted octanol–water partition coefficient (Wildman–Crippen LogP) is 14.7. The number of carboxylic acids is 1. The molecule has 0 bridgehead atoms. The highest BCUT2D eigenvalue weighted by atomic mass is 127. The zero-order chi connectivity index (χ0) is 97.3. The van der Waals surface area contributed by atoms with E-state index in [0.717, 1.165) is 80.9 Å². The van der Waals surface area contributed by atoms with Gasteiger partial charge in [-0.1, -0.05) is 60.7 Å². The summed E-state index contributed by atoms with van der Waals surface area (Å²) in [5.41, 5.74) is 39.0. The summed E-state index contributed by atoms with van der Waals surface area (Å²) in [4.78, 5) is 110. The smallest absolute Gasteiger partial charge is 0.408 e. The van der Waals surface area contributed by atoms with Crippen LogP contribution in [-0.4, -0.2) is 143 Å². The van der Waals surface area contributed by atoms with Crippen LogP contribution >= 0.6 is 101 Å². The average molecular weight is 2210 g/mol. The van der Waals surface area contributed by atoms with Gasteiger partial charge in [-0.05, 0) is 283 Å². The van der Waals surface area contributed by atoms with E-state index >= 15 is 0 Å². The third-order valence-electron chi connectivity index (χ3n) is 16.7. The van der Waals surface area contributed by atoms with Crippen LogP contribution in [0.1, 0.15) is 107 Å². The van der Waals surface area contributed by atoms with Crippen LogP contribution in [0.15, 0.2) is 235 Å². The summed E-state index contributed by atoms with van der Waals surface area (Å²) in [6.07, 6.45) is 20.4. The molecular formula is C90H101Br2ClF3I2N21O12S. The highest BCUT2D eigenvalue weighted by molar-refractivity contribution is 14.1. The van der Waals surface area contributed by atoms with Crippen LogP contribution in [0.25, 0.3) is 17.1 Å². The molecule has 7 amide bonds. The fraction of sp³-hybridized carbons (Fsp3) is 0.256. The number of primary amides is 4. The largest absolute Gasteiger partial charge is 0.480 e. The fourth-order valence-electron chi connectivity index (χ4n) is 10.5. The number of H-pyrrole nitrogens is 1. The maximum Gasteiger partial charge on any atom is 0.408 e. The maximum atomic E-state index is 14.2. The number of nitrogen functional groups attached to an aromatic ring is 1. The molecule has 132 heavy (non-hydrogen) atoms. The monoisotopic (exact) mass is 2200 g/mol. The third-order valence-corrected chi connectivity index (χ3v) is 20.2. The molecule has 700 valence electrons. The number of benzene rings is 7. The highest BCUT2D eigenvalue weighted by Gasteiger charge is 2.28. The number of imidazole rings is 4. The molecule has 0 aliphatic carbocycles. The SMILES string of the molecule is CC(C)(C)OC(=O)N[C@H](Cc1ccc(-n2ccnc2)cc1)C(N)=O.CC(C)(C)OC(=O)N[C@H](Cc1ccc(I)cc1)C(=O)O.CC(C)(C)OC(=O)N[C@H](Cc1ccc(I)cc1)C(N)=O.Cc1cc(N)sn1.Cl.N#Cc1cc(F)c(F)cc1Br.N#Cc1cc(F)c(N[C@H](Cc2ccc(-n3ccnc3)cc2)C(N)=O)cc1Br.NC(=O)[C@H](N)Cc1ccc(-n2ccnc2)cc1.c1c[nH]cn1. The van der Waals surface area contributed by atoms with Crippen LogP contribution in [0.2, 0.25) is 0 Å². The molecule has 33 nitrogen and oxygen atoms in total. The molecule has 0 radical (unpaired) electrons. The van der Waals surface area contributed by atoms with Crippen molar-refractivity contribution >= 4 is 160 Å². The van der Waals surface area contributed by atoms with E-state index in [-0.39, 0.29) is 46.5 Å². The molecule has 7 aromatic carbocycles. The minimum absolute atomic E-state index is 0. The lowest BCUT2D eigenvalue weighted by Gasteiger charge is -2.22. The quantitative estimate of drug-likeness (QED) is 0.0161. The zero-order valence-corrected chi connectivity index (χ0v) is 82.2. The number of rotatable bonds is 23. The number of aryl methyl sites for hydroxylation is 1. The molecule has 5 aromatic heterocycles. The Morgan fingerprint density at radius 1 is 0.492 bits per heavy atom. The van der Waals surface area contributed by atoms with Crippen molar-refractivity contribution in [3.05, 3.63) is 305 Å². The maximum absolute atomic E-state index is 14.2. The molecule has 0 saturated carbocycles. The van der Waals surface area contributed by atoms with Gasteiger partial charge in [0, 0.05) is 108 Å². The summed E-state index contributed by atoms with van der Waals surface area (Å²) in [6, 6.07) is 43.7. The Hall–Kier alpha value is -12.8. The van der Waals surface area contributed by atoms with Crippen LogP contribution in [0.3, 0.4) is 0 Å². The normalized spacial score (nSPS) is 11.6. The number of anilines is 2. The first-order valence-corrected chi connectivity index (χ1v) is 43.9. The molecule has 0 aliphatic heterocycles. The van der Waals surface area contributed by atoms with Crippen molar-refractivity contribution in [3.63, 3.8) is 0 Å². The number of aliphatic carboxylic acids is 1. The Kier molecular flexibility index (Phi) is 46.8. The van der Waals surface area contributed by atoms with Crippen molar-refractivity contribution in [3.8, 4) is 29.2 Å². The molecule has 12 aromatic rings. The number of ether oxygens (including phenoxy) is 3. The molecule has 12 rings (SSSR count). The Balaban J connectivity index is 0.000000326. The van der Waals surface area contributed by atoms with E-state index in [2.05, 4.69) is 128 Å². The number of hydrogen-bond acceptors (Lipinski definition) is 22. The number of nitrogens with zero attached hydrogens (tertiary/aromatic N) is 10. The minimum atomic E-state index is -1.09. The van der Waals surface area contributed by atoms with Crippen LogP contribution in [0.4, 0.5) is 38.2 Å². The highest BCUT2D eigenvalue weighted by Crippen LogP contribution is 2.27. The molecule has 0 aliphatic rings. The van der Waals surface area contributed by atoms with Crippen molar-refractivity contribution in [1.29, 1.82) is 10.5 Å². The second-order valence-corrected chi connectivity index (χ2v) is 36.0. The van der Waals surface area contributed by atoms with Crippen LogP contribution in [0, 0.1) is 54.2 Å². The van der Waals surface area contributed by atoms with Gasteiger partial charge in [0.05, 0.1) is 53.9 Å². The van der Waals surface area contributed by atoms with Gasteiger partial charge in [0.2, 0.25) is 23.6 Å². The number of nitrogens with two attached hydrogens (primary N) is 6. The van der Waals surface area contributed by atoms with Crippen LogP contribution < -0.4 is 55.7 Å². The lowest BCUT2D eigenvalue weighted by Crippen LogP contribution is -2.47.